The number of carbonyl (C=O) groups is 1. The quantitative estimate of drug-likeness (QED) is 0.614. The molecule has 0 amide bonds. The molecule has 0 radical (unpaired) electrons. The van der Waals surface area contributed by atoms with E-state index in [0.717, 1.165) is 19.5 Å². The molecule has 1 rings (SSSR count). The van der Waals surface area contributed by atoms with Crippen molar-refractivity contribution in [3.63, 3.8) is 0 Å². The molecule has 3 nitrogen and oxygen atoms in total. The number of aryl methyl sites for hydroxylation is 2. The molecule has 1 N–H and O–H groups in total. The largest absolute Gasteiger partial charge is 0.469 e. The molecule has 0 fully saturated rings. The number of hydrogen-bond acceptors (Lipinski definition) is 4. The van der Waals surface area contributed by atoms with Crippen molar-refractivity contribution in [3.8, 4) is 0 Å². The second kappa shape index (κ2) is 6.66. The number of nitrogens with one attached hydrogen (secondary N) is 1. The van der Waals surface area contributed by atoms with Gasteiger partial charge in [0.25, 0.3) is 0 Å². The third-order valence-electron chi connectivity index (χ3n) is 2.48. The molecular weight excluding hydrogens is 222 g/mol. The molecule has 16 heavy (non-hydrogen) atoms. The van der Waals surface area contributed by atoms with Crippen LogP contribution in [0.1, 0.15) is 28.2 Å². The Morgan fingerprint density at radius 3 is 2.81 bits per heavy atom. The number of thiophene rings is 1. The minimum atomic E-state index is -0.135. The van der Waals surface area contributed by atoms with E-state index < -0.39 is 0 Å². The van der Waals surface area contributed by atoms with Crippen LogP contribution in [0, 0.1) is 13.8 Å². The summed E-state index contributed by atoms with van der Waals surface area (Å²) in [5.41, 5.74) is 1.36. The van der Waals surface area contributed by atoms with Gasteiger partial charge in [0.1, 0.15) is 0 Å². The van der Waals surface area contributed by atoms with E-state index in [9.17, 15) is 4.79 Å². The summed E-state index contributed by atoms with van der Waals surface area (Å²) in [7, 11) is 1.42. The van der Waals surface area contributed by atoms with Crippen LogP contribution in [0.2, 0.25) is 0 Å². The molecule has 0 atom stereocenters. The lowest BCUT2D eigenvalue weighted by Crippen LogP contribution is -2.15. The predicted octanol–water partition coefficient (Wildman–Crippen LogP) is 2.41. The molecule has 0 bridgehead atoms. The van der Waals surface area contributed by atoms with Crippen molar-refractivity contribution < 1.29 is 9.53 Å². The van der Waals surface area contributed by atoms with Crippen molar-refractivity contribution in [2.45, 2.75) is 33.2 Å². The zero-order chi connectivity index (χ0) is 12.0. The van der Waals surface area contributed by atoms with Crippen LogP contribution in [-0.4, -0.2) is 19.6 Å². The third-order valence-corrected chi connectivity index (χ3v) is 3.63. The molecule has 0 aliphatic heterocycles. The highest BCUT2D eigenvalue weighted by atomic mass is 32.1. The molecule has 0 saturated carbocycles. The maximum absolute atomic E-state index is 10.8. The molecule has 90 valence electrons. The van der Waals surface area contributed by atoms with E-state index in [-0.39, 0.29) is 5.97 Å². The van der Waals surface area contributed by atoms with Crippen LogP contribution in [0.15, 0.2) is 6.07 Å². The molecule has 1 aromatic heterocycles. The second-order valence-corrected chi connectivity index (χ2v) is 5.15. The Kier molecular flexibility index (Phi) is 5.49. The lowest BCUT2D eigenvalue weighted by molar-refractivity contribution is -0.140. The maximum atomic E-state index is 10.8. The standard InChI is InChI=1S/C12H19NO2S/c1-9-7-11(16-10(9)2)8-13-6-4-5-12(14)15-3/h7,13H,4-6,8H2,1-3H3. The highest BCUT2D eigenvalue weighted by Gasteiger charge is 2.02. The Morgan fingerprint density at radius 2 is 2.25 bits per heavy atom. The lowest BCUT2D eigenvalue weighted by atomic mass is 10.3. The molecule has 0 aliphatic rings. The lowest BCUT2D eigenvalue weighted by Gasteiger charge is -2.02. The van der Waals surface area contributed by atoms with Gasteiger partial charge in [0.15, 0.2) is 0 Å². The second-order valence-electron chi connectivity index (χ2n) is 3.81. The molecular formula is C12H19NO2S. The molecule has 4 heteroatoms. The summed E-state index contributed by atoms with van der Waals surface area (Å²) >= 11 is 1.83. The van der Waals surface area contributed by atoms with E-state index >= 15 is 0 Å². The number of esters is 1. The van der Waals surface area contributed by atoms with Gasteiger partial charge in [0.2, 0.25) is 0 Å². The van der Waals surface area contributed by atoms with Crippen molar-refractivity contribution in [1.29, 1.82) is 0 Å². The van der Waals surface area contributed by atoms with E-state index in [1.54, 1.807) is 0 Å². The van der Waals surface area contributed by atoms with Crippen LogP contribution < -0.4 is 5.32 Å². The first kappa shape index (κ1) is 13.2. The summed E-state index contributed by atoms with van der Waals surface area (Å²) in [5.74, 6) is -0.135. The van der Waals surface area contributed by atoms with Gasteiger partial charge in [-0.1, -0.05) is 0 Å². The highest BCUT2D eigenvalue weighted by molar-refractivity contribution is 7.12. The van der Waals surface area contributed by atoms with E-state index in [2.05, 4.69) is 30.0 Å². The fourth-order valence-electron chi connectivity index (χ4n) is 1.41. The Labute approximate surface area is 101 Å². The van der Waals surface area contributed by atoms with Gasteiger partial charge in [-0.3, -0.25) is 4.79 Å². The summed E-state index contributed by atoms with van der Waals surface area (Å²) in [4.78, 5) is 13.6. The van der Waals surface area contributed by atoms with Crippen LogP contribution in [0.4, 0.5) is 0 Å². The normalized spacial score (nSPS) is 10.4. The highest BCUT2D eigenvalue weighted by Crippen LogP contribution is 2.20. The molecule has 0 saturated heterocycles. The van der Waals surface area contributed by atoms with Crippen LogP contribution in [0.25, 0.3) is 0 Å². The molecule has 0 spiro atoms. The van der Waals surface area contributed by atoms with Gasteiger partial charge in [-0.2, -0.15) is 0 Å². The molecule has 1 heterocycles. The molecule has 1 aromatic rings. The van der Waals surface area contributed by atoms with E-state index in [0.29, 0.717) is 6.42 Å². The van der Waals surface area contributed by atoms with E-state index in [1.807, 2.05) is 11.3 Å². The Balaban J connectivity index is 2.14. The van der Waals surface area contributed by atoms with Crippen molar-refractivity contribution >= 4 is 17.3 Å². The van der Waals surface area contributed by atoms with Crippen molar-refractivity contribution in [3.05, 3.63) is 21.4 Å². The average Bonchev–Trinajstić information content (AvgIpc) is 2.57. The minimum Gasteiger partial charge on any atom is -0.469 e. The van der Waals surface area contributed by atoms with Gasteiger partial charge in [0.05, 0.1) is 7.11 Å². The van der Waals surface area contributed by atoms with Gasteiger partial charge in [0, 0.05) is 22.7 Å². The first-order valence-corrected chi connectivity index (χ1v) is 6.28. The van der Waals surface area contributed by atoms with E-state index in [1.165, 1.54) is 22.4 Å². The number of carbonyl (C=O) groups excluding carboxylic acids is 1. The van der Waals surface area contributed by atoms with Crippen LogP contribution >= 0.6 is 11.3 Å². The fraction of sp³-hybridized carbons (Fsp3) is 0.583. The van der Waals surface area contributed by atoms with Gasteiger partial charge in [-0.05, 0) is 38.4 Å². The van der Waals surface area contributed by atoms with Crippen molar-refractivity contribution in [2.75, 3.05) is 13.7 Å². The van der Waals surface area contributed by atoms with Gasteiger partial charge >= 0.3 is 5.97 Å². The third kappa shape index (κ3) is 4.33. The molecule has 0 aliphatic carbocycles. The van der Waals surface area contributed by atoms with Crippen LogP contribution in [0.3, 0.4) is 0 Å². The molecule has 0 unspecified atom stereocenters. The number of methoxy groups -OCH3 is 1. The number of rotatable bonds is 6. The zero-order valence-electron chi connectivity index (χ0n) is 10.1. The van der Waals surface area contributed by atoms with Crippen molar-refractivity contribution in [1.82, 2.24) is 5.32 Å². The fourth-order valence-corrected chi connectivity index (χ4v) is 2.43. The van der Waals surface area contributed by atoms with Crippen LogP contribution in [0.5, 0.6) is 0 Å². The van der Waals surface area contributed by atoms with Crippen LogP contribution in [-0.2, 0) is 16.1 Å². The smallest absolute Gasteiger partial charge is 0.305 e. The Morgan fingerprint density at radius 1 is 1.50 bits per heavy atom. The maximum Gasteiger partial charge on any atom is 0.305 e. The number of ether oxygens (including phenoxy) is 1. The number of hydrogen-bond donors (Lipinski definition) is 1. The topological polar surface area (TPSA) is 38.3 Å². The summed E-state index contributed by atoms with van der Waals surface area (Å²) in [5, 5.41) is 3.32. The van der Waals surface area contributed by atoms with Gasteiger partial charge in [-0.15, -0.1) is 11.3 Å². The SMILES string of the molecule is COC(=O)CCCNCc1cc(C)c(C)s1. The van der Waals surface area contributed by atoms with Crippen molar-refractivity contribution in [2.24, 2.45) is 0 Å². The predicted molar refractivity (Wildman–Crippen MR) is 66.7 cm³/mol. The Hall–Kier alpha value is -0.870. The summed E-state index contributed by atoms with van der Waals surface area (Å²) in [6.45, 7) is 6.01. The average molecular weight is 241 g/mol. The summed E-state index contributed by atoms with van der Waals surface area (Å²) < 4.78 is 4.57. The van der Waals surface area contributed by atoms with Gasteiger partial charge in [-0.25, -0.2) is 0 Å². The first-order valence-electron chi connectivity index (χ1n) is 5.47. The Bertz CT molecular complexity index is 327. The van der Waals surface area contributed by atoms with E-state index in [4.69, 9.17) is 0 Å². The summed E-state index contributed by atoms with van der Waals surface area (Å²) in [6.07, 6.45) is 1.32. The minimum absolute atomic E-state index is 0.135. The zero-order valence-corrected chi connectivity index (χ0v) is 10.9. The monoisotopic (exact) mass is 241 g/mol. The summed E-state index contributed by atoms with van der Waals surface area (Å²) in [6, 6.07) is 2.22. The molecule has 0 aromatic carbocycles. The van der Waals surface area contributed by atoms with Gasteiger partial charge < -0.3 is 10.1 Å². The first-order chi connectivity index (χ1) is 7.63.